The standard InChI is InChI=1S/C18H30N4S/c1-3-19-18(20-12-15(2)16-7-11-23-14-16)22-10-6-17(13-22)21-8-4-5-9-21/h7,11,14-15,17H,3-6,8-10,12-13H2,1-2H3,(H,19,20). The van der Waals surface area contributed by atoms with Crippen molar-refractivity contribution in [1.82, 2.24) is 15.1 Å². The van der Waals surface area contributed by atoms with E-state index in [0.717, 1.165) is 38.2 Å². The lowest BCUT2D eigenvalue weighted by atomic mass is 10.1. The lowest BCUT2D eigenvalue weighted by Crippen LogP contribution is -2.42. The normalized spacial score (nSPS) is 24.3. The molecule has 0 bridgehead atoms. The maximum absolute atomic E-state index is 4.93. The van der Waals surface area contributed by atoms with Crippen LogP contribution in [-0.2, 0) is 0 Å². The second kappa shape index (κ2) is 8.15. The van der Waals surface area contributed by atoms with Crippen molar-refractivity contribution in [2.75, 3.05) is 39.3 Å². The number of thiophene rings is 1. The Morgan fingerprint density at radius 1 is 1.39 bits per heavy atom. The molecule has 2 unspecified atom stereocenters. The van der Waals surface area contributed by atoms with E-state index in [1.165, 1.54) is 37.9 Å². The Bertz CT molecular complexity index is 493. The number of nitrogens with zero attached hydrogens (tertiary/aromatic N) is 3. The summed E-state index contributed by atoms with van der Waals surface area (Å²) in [6.45, 7) is 11.1. The number of hydrogen-bond acceptors (Lipinski definition) is 3. The van der Waals surface area contributed by atoms with Crippen molar-refractivity contribution in [3.8, 4) is 0 Å². The van der Waals surface area contributed by atoms with Crippen LogP contribution in [0.25, 0.3) is 0 Å². The van der Waals surface area contributed by atoms with E-state index in [1.54, 1.807) is 11.3 Å². The molecule has 1 aromatic rings. The molecule has 2 saturated heterocycles. The molecule has 1 N–H and O–H groups in total. The van der Waals surface area contributed by atoms with Crippen molar-refractivity contribution in [3.05, 3.63) is 22.4 Å². The van der Waals surface area contributed by atoms with Gasteiger partial charge in [0.1, 0.15) is 0 Å². The van der Waals surface area contributed by atoms with Crippen molar-refractivity contribution in [2.24, 2.45) is 4.99 Å². The van der Waals surface area contributed by atoms with Gasteiger partial charge in [-0.15, -0.1) is 0 Å². The zero-order chi connectivity index (χ0) is 16.1. The molecule has 5 heteroatoms. The lowest BCUT2D eigenvalue weighted by molar-refractivity contribution is 0.249. The Morgan fingerprint density at radius 2 is 2.22 bits per heavy atom. The highest BCUT2D eigenvalue weighted by atomic mass is 32.1. The number of guanidine groups is 1. The average Bonchev–Trinajstić information content (AvgIpc) is 3.32. The second-order valence-electron chi connectivity index (χ2n) is 6.78. The van der Waals surface area contributed by atoms with Crippen LogP contribution in [0, 0.1) is 0 Å². The molecule has 1 aromatic heterocycles. The zero-order valence-electron chi connectivity index (χ0n) is 14.5. The summed E-state index contributed by atoms with van der Waals surface area (Å²) in [5, 5.41) is 7.89. The highest BCUT2D eigenvalue weighted by Crippen LogP contribution is 2.21. The van der Waals surface area contributed by atoms with Crippen LogP contribution < -0.4 is 5.32 Å². The fourth-order valence-corrected chi connectivity index (χ4v) is 4.43. The molecule has 4 nitrogen and oxygen atoms in total. The van der Waals surface area contributed by atoms with E-state index in [-0.39, 0.29) is 0 Å². The quantitative estimate of drug-likeness (QED) is 0.663. The first-order valence-electron chi connectivity index (χ1n) is 9.07. The van der Waals surface area contributed by atoms with Gasteiger partial charge >= 0.3 is 0 Å². The van der Waals surface area contributed by atoms with Gasteiger partial charge < -0.3 is 10.2 Å². The third-order valence-corrected chi connectivity index (χ3v) is 5.78. The van der Waals surface area contributed by atoms with Gasteiger partial charge in [0, 0.05) is 38.1 Å². The van der Waals surface area contributed by atoms with E-state index in [0.29, 0.717) is 5.92 Å². The minimum Gasteiger partial charge on any atom is -0.357 e. The monoisotopic (exact) mass is 334 g/mol. The highest BCUT2D eigenvalue weighted by Gasteiger charge is 2.30. The summed E-state index contributed by atoms with van der Waals surface area (Å²) in [6.07, 6.45) is 4.04. The molecule has 0 aliphatic carbocycles. The van der Waals surface area contributed by atoms with E-state index in [4.69, 9.17) is 4.99 Å². The molecule has 2 fully saturated rings. The molecule has 2 aliphatic heterocycles. The summed E-state index contributed by atoms with van der Waals surface area (Å²) in [4.78, 5) is 10.1. The smallest absolute Gasteiger partial charge is 0.193 e. The van der Waals surface area contributed by atoms with Crippen molar-refractivity contribution < 1.29 is 0 Å². The van der Waals surface area contributed by atoms with Gasteiger partial charge in [0.05, 0.1) is 0 Å². The molecular weight excluding hydrogens is 304 g/mol. The van der Waals surface area contributed by atoms with E-state index < -0.39 is 0 Å². The molecule has 128 valence electrons. The molecule has 2 atom stereocenters. The summed E-state index contributed by atoms with van der Waals surface area (Å²) in [5.74, 6) is 1.60. The van der Waals surface area contributed by atoms with Crippen LogP contribution in [-0.4, -0.2) is 61.1 Å². The minimum atomic E-state index is 0.492. The Balaban J connectivity index is 1.58. The summed E-state index contributed by atoms with van der Waals surface area (Å²) < 4.78 is 0. The van der Waals surface area contributed by atoms with Gasteiger partial charge in [0.2, 0.25) is 0 Å². The van der Waals surface area contributed by atoms with E-state index in [2.05, 4.69) is 45.8 Å². The topological polar surface area (TPSA) is 30.9 Å². The van der Waals surface area contributed by atoms with Crippen LogP contribution in [0.3, 0.4) is 0 Å². The van der Waals surface area contributed by atoms with Gasteiger partial charge in [-0.25, -0.2) is 0 Å². The summed E-state index contributed by atoms with van der Waals surface area (Å²) in [7, 11) is 0. The van der Waals surface area contributed by atoms with Gasteiger partial charge in [-0.1, -0.05) is 6.92 Å². The summed E-state index contributed by atoms with van der Waals surface area (Å²) >= 11 is 1.77. The van der Waals surface area contributed by atoms with Crippen molar-refractivity contribution >= 4 is 17.3 Å². The average molecular weight is 335 g/mol. The van der Waals surface area contributed by atoms with Crippen LogP contribution in [0.4, 0.5) is 0 Å². The molecule has 3 rings (SSSR count). The van der Waals surface area contributed by atoms with Crippen LogP contribution in [0.5, 0.6) is 0 Å². The van der Waals surface area contributed by atoms with Gasteiger partial charge in [-0.3, -0.25) is 9.89 Å². The Labute approximate surface area is 144 Å². The van der Waals surface area contributed by atoms with Crippen LogP contribution in [0.1, 0.15) is 44.6 Å². The first kappa shape index (κ1) is 16.8. The molecule has 23 heavy (non-hydrogen) atoms. The van der Waals surface area contributed by atoms with Crippen LogP contribution in [0.15, 0.2) is 21.8 Å². The predicted octanol–water partition coefficient (Wildman–Crippen LogP) is 2.99. The maximum atomic E-state index is 4.93. The van der Waals surface area contributed by atoms with E-state index >= 15 is 0 Å². The third-order valence-electron chi connectivity index (χ3n) is 5.08. The Kier molecular flexibility index (Phi) is 5.95. The van der Waals surface area contributed by atoms with Crippen LogP contribution in [0.2, 0.25) is 0 Å². The van der Waals surface area contributed by atoms with Crippen molar-refractivity contribution in [1.29, 1.82) is 0 Å². The fourth-order valence-electron chi connectivity index (χ4n) is 3.65. The van der Waals surface area contributed by atoms with Gasteiger partial charge in [-0.2, -0.15) is 11.3 Å². The number of nitrogens with one attached hydrogen (secondary N) is 1. The first-order valence-corrected chi connectivity index (χ1v) is 10.0. The molecule has 0 aromatic carbocycles. The van der Waals surface area contributed by atoms with Crippen LogP contribution >= 0.6 is 11.3 Å². The molecule has 2 aliphatic rings. The molecular formula is C18H30N4S. The maximum Gasteiger partial charge on any atom is 0.193 e. The minimum absolute atomic E-state index is 0.492. The van der Waals surface area contributed by atoms with Crippen molar-refractivity contribution in [2.45, 2.75) is 45.1 Å². The number of likely N-dealkylation sites (tertiary alicyclic amines) is 2. The number of aliphatic imine (C=N–C) groups is 1. The fraction of sp³-hybridized carbons (Fsp3) is 0.722. The third kappa shape index (κ3) is 4.27. The second-order valence-corrected chi connectivity index (χ2v) is 7.56. The Hall–Kier alpha value is -1.07. The van der Waals surface area contributed by atoms with E-state index in [1.807, 2.05) is 0 Å². The summed E-state index contributed by atoms with van der Waals surface area (Å²) in [6, 6.07) is 2.95. The molecule has 0 spiro atoms. The molecule has 0 amide bonds. The van der Waals surface area contributed by atoms with E-state index in [9.17, 15) is 0 Å². The molecule has 0 saturated carbocycles. The predicted molar refractivity (Wildman–Crippen MR) is 99.5 cm³/mol. The molecule has 3 heterocycles. The van der Waals surface area contributed by atoms with Gasteiger partial charge in [0.15, 0.2) is 5.96 Å². The Morgan fingerprint density at radius 3 is 2.91 bits per heavy atom. The SMILES string of the molecule is CCNC(=NCC(C)c1ccsc1)N1CCC(N2CCCC2)C1. The lowest BCUT2D eigenvalue weighted by Gasteiger charge is -2.25. The largest absolute Gasteiger partial charge is 0.357 e. The first-order chi connectivity index (χ1) is 11.3. The number of rotatable bonds is 5. The molecule has 0 radical (unpaired) electrons. The van der Waals surface area contributed by atoms with Crippen molar-refractivity contribution in [3.63, 3.8) is 0 Å². The van der Waals surface area contributed by atoms with Gasteiger partial charge in [-0.05, 0) is 61.7 Å². The van der Waals surface area contributed by atoms with Gasteiger partial charge in [0.25, 0.3) is 0 Å². The number of hydrogen-bond donors (Lipinski definition) is 1. The summed E-state index contributed by atoms with van der Waals surface area (Å²) in [5.41, 5.74) is 1.41. The highest BCUT2D eigenvalue weighted by molar-refractivity contribution is 7.07. The zero-order valence-corrected chi connectivity index (χ0v) is 15.3.